The molecular weight excluding hydrogens is 180 g/mol. The Morgan fingerprint density at radius 1 is 1.38 bits per heavy atom. The lowest BCUT2D eigenvalue weighted by Gasteiger charge is -2.21. The van der Waals surface area contributed by atoms with Crippen LogP contribution >= 0.6 is 0 Å². The van der Waals surface area contributed by atoms with Gasteiger partial charge in [0.2, 0.25) is 0 Å². The quantitative estimate of drug-likeness (QED) is 0.623. The topological polar surface area (TPSA) is 9.23 Å². The molecule has 1 aliphatic rings. The van der Waals surface area contributed by atoms with Crippen LogP contribution < -0.4 is 0 Å². The van der Waals surface area contributed by atoms with Crippen molar-refractivity contribution in [3.63, 3.8) is 0 Å². The number of hydrogen-bond donors (Lipinski definition) is 0. The standard InChI is InChI=1S/C11H22OS/c1-3-9-13(2)10-7-11-6-4-5-8-12-11/h11H,2-10H2,1H3/q+1. The van der Waals surface area contributed by atoms with E-state index in [-0.39, 0.29) is 0 Å². The molecule has 1 radical (unpaired) electrons. The van der Waals surface area contributed by atoms with E-state index in [0.717, 1.165) is 6.61 Å². The van der Waals surface area contributed by atoms with Crippen LogP contribution in [0.5, 0.6) is 0 Å². The van der Waals surface area contributed by atoms with E-state index in [4.69, 9.17) is 4.74 Å². The smallest absolute Gasteiger partial charge is 0.152 e. The van der Waals surface area contributed by atoms with Gasteiger partial charge in [0, 0.05) is 13.0 Å². The van der Waals surface area contributed by atoms with Crippen LogP contribution in [0.4, 0.5) is 0 Å². The van der Waals surface area contributed by atoms with Crippen LogP contribution in [-0.4, -0.2) is 24.2 Å². The summed E-state index contributed by atoms with van der Waals surface area (Å²) < 4.78 is 5.68. The summed E-state index contributed by atoms with van der Waals surface area (Å²) >= 11 is 0. The molecule has 2 atom stereocenters. The lowest BCUT2D eigenvalue weighted by molar-refractivity contribution is 0.0149. The molecule has 77 valence electrons. The van der Waals surface area contributed by atoms with Crippen molar-refractivity contribution in [2.75, 3.05) is 18.1 Å². The van der Waals surface area contributed by atoms with E-state index in [1.54, 1.807) is 0 Å². The number of rotatable bonds is 5. The highest BCUT2D eigenvalue weighted by Crippen LogP contribution is 2.16. The van der Waals surface area contributed by atoms with Crippen molar-refractivity contribution in [3.05, 3.63) is 6.26 Å². The normalized spacial score (nSPS) is 25.8. The molecule has 1 nitrogen and oxygen atoms in total. The summed E-state index contributed by atoms with van der Waals surface area (Å²) in [6.07, 6.45) is 11.2. The largest absolute Gasteiger partial charge is 0.378 e. The van der Waals surface area contributed by atoms with Crippen molar-refractivity contribution < 1.29 is 4.74 Å². The van der Waals surface area contributed by atoms with Gasteiger partial charge in [-0.3, -0.25) is 0 Å². The van der Waals surface area contributed by atoms with Crippen LogP contribution in [0.1, 0.15) is 39.0 Å². The summed E-state index contributed by atoms with van der Waals surface area (Å²) in [7, 11) is 0.398. The Morgan fingerprint density at radius 2 is 2.23 bits per heavy atom. The monoisotopic (exact) mass is 202 g/mol. The zero-order chi connectivity index (χ0) is 9.52. The van der Waals surface area contributed by atoms with Crippen molar-refractivity contribution in [2.45, 2.75) is 45.1 Å². The van der Waals surface area contributed by atoms with Gasteiger partial charge in [-0.2, -0.15) is 0 Å². The molecule has 0 spiro atoms. The third-order valence-electron chi connectivity index (χ3n) is 2.50. The molecular formula is C11H22OS+. The van der Waals surface area contributed by atoms with Crippen molar-refractivity contribution >= 4 is 10.9 Å². The van der Waals surface area contributed by atoms with Crippen LogP contribution in [0.15, 0.2) is 0 Å². The molecule has 0 aromatic heterocycles. The molecule has 0 aliphatic carbocycles. The molecule has 1 rings (SSSR count). The van der Waals surface area contributed by atoms with Crippen LogP contribution in [0.2, 0.25) is 0 Å². The molecule has 1 heterocycles. The fraction of sp³-hybridized carbons (Fsp3) is 0.909. The van der Waals surface area contributed by atoms with E-state index >= 15 is 0 Å². The Kier molecular flexibility index (Phi) is 5.88. The summed E-state index contributed by atoms with van der Waals surface area (Å²) in [4.78, 5) is 0. The number of hydrogen-bond acceptors (Lipinski definition) is 1. The first kappa shape index (κ1) is 11.4. The molecule has 0 aromatic carbocycles. The average molecular weight is 202 g/mol. The first-order chi connectivity index (χ1) is 6.33. The summed E-state index contributed by atoms with van der Waals surface area (Å²) in [6, 6.07) is 0. The lowest BCUT2D eigenvalue weighted by Crippen LogP contribution is -2.22. The minimum atomic E-state index is 0.398. The van der Waals surface area contributed by atoms with Crippen molar-refractivity contribution in [1.29, 1.82) is 0 Å². The lowest BCUT2D eigenvalue weighted by atomic mass is 10.1. The van der Waals surface area contributed by atoms with Gasteiger partial charge in [-0.15, -0.1) is 0 Å². The summed E-state index contributed by atoms with van der Waals surface area (Å²) in [5.74, 6) is 2.57. The molecule has 13 heavy (non-hydrogen) atoms. The maximum Gasteiger partial charge on any atom is 0.152 e. The maximum atomic E-state index is 5.68. The predicted octanol–water partition coefficient (Wildman–Crippen LogP) is 2.77. The van der Waals surface area contributed by atoms with Gasteiger partial charge in [0.1, 0.15) is 11.5 Å². The molecule has 0 amide bonds. The van der Waals surface area contributed by atoms with Gasteiger partial charge in [-0.25, -0.2) is 0 Å². The molecule has 1 saturated heterocycles. The van der Waals surface area contributed by atoms with Crippen LogP contribution in [0.25, 0.3) is 0 Å². The van der Waals surface area contributed by atoms with E-state index in [1.165, 1.54) is 43.6 Å². The van der Waals surface area contributed by atoms with Gasteiger partial charge in [0.05, 0.1) is 6.10 Å². The zero-order valence-electron chi connectivity index (χ0n) is 8.76. The van der Waals surface area contributed by atoms with E-state index in [2.05, 4.69) is 13.2 Å². The third kappa shape index (κ3) is 4.92. The molecule has 0 saturated carbocycles. The summed E-state index contributed by atoms with van der Waals surface area (Å²) in [5, 5.41) is 0. The summed E-state index contributed by atoms with van der Waals surface area (Å²) in [6.45, 7) is 3.23. The minimum absolute atomic E-state index is 0.398. The van der Waals surface area contributed by atoms with E-state index < -0.39 is 0 Å². The van der Waals surface area contributed by atoms with Gasteiger partial charge >= 0.3 is 0 Å². The van der Waals surface area contributed by atoms with Gasteiger partial charge < -0.3 is 4.74 Å². The maximum absolute atomic E-state index is 5.68. The van der Waals surface area contributed by atoms with E-state index in [0.29, 0.717) is 17.0 Å². The fourth-order valence-corrected chi connectivity index (χ4v) is 3.10. The molecule has 0 aromatic rings. The molecule has 0 N–H and O–H groups in total. The summed E-state index contributed by atoms with van der Waals surface area (Å²) in [5.41, 5.74) is 0. The highest BCUT2D eigenvalue weighted by molar-refractivity contribution is 7.97. The third-order valence-corrected chi connectivity index (χ3v) is 4.29. The second kappa shape index (κ2) is 6.72. The highest BCUT2D eigenvalue weighted by Gasteiger charge is 2.18. The fourth-order valence-electron chi connectivity index (χ4n) is 1.72. The number of ether oxygens (including phenoxy) is 1. The highest BCUT2D eigenvalue weighted by atomic mass is 32.2. The van der Waals surface area contributed by atoms with Crippen LogP contribution in [0.3, 0.4) is 0 Å². The minimum Gasteiger partial charge on any atom is -0.378 e. The van der Waals surface area contributed by atoms with Crippen LogP contribution in [-0.2, 0) is 15.6 Å². The molecule has 2 heteroatoms. The Hall–Kier alpha value is 0.310. The van der Waals surface area contributed by atoms with Gasteiger partial charge in [0.25, 0.3) is 0 Å². The Bertz CT molecular complexity index is 121. The molecule has 2 unspecified atom stereocenters. The SMILES string of the molecule is [CH2][S+](CCC)CCC1CCCCO1. The van der Waals surface area contributed by atoms with Crippen molar-refractivity contribution in [2.24, 2.45) is 0 Å². The molecule has 0 bridgehead atoms. The zero-order valence-corrected chi connectivity index (χ0v) is 9.57. The predicted molar refractivity (Wildman–Crippen MR) is 61.0 cm³/mol. The van der Waals surface area contributed by atoms with Crippen molar-refractivity contribution in [3.8, 4) is 0 Å². The van der Waals surface area contributed by atoms with Gasteiger partial charge in [-0.05, 0) is 36.6 Å². The van der Waals surface area contributed by atoms with Crippen molar-refractivity contribution in [1.82, 2.24) is 0 Å². The van der Waals surface area contributed by atoms with Gasteiger partial charge in [0.15, 0.2) is 6.26 Å². The Labute approximate surface area is 85.6 Å². The van der Waals surface area contributed by atoms with Crippen LogP contribution in [0, 0.1) is 6.26 Å². The second-order valence-electron chi connectivity index (χ2n) is 3.80. The first-order valence-corrected chi connectivity index (χ1v) is 7.15. The first-order valence-electron chi connectivity index (χ1n) is 5.41. The Morgan fingerprint density at radius 3 is 2.85 bits per heavy atom. The van der Waals surface area contributed by atoms with E-state index in [9.17, 15) is 0 Å². The average Bonchev–Trinajstić information content (AvgIpc) is 2.17. The second-order valence-corrected chi connectivity index (χ2v) is 5.84. The Balaban J connectivity index is 2.03. The van der Waals surface area contributed by atoms with Gasteiger partial charge in [-0.1, -0.05) is 6.92 Å². The van der Waals surface area contributed by atoms with E-state index in [1.807, 2.05) is 0 Å². The molecule has 1 fully saturated rings. The molecule has 1 aliphatic heterocycles.